The molecule has 2 aromatic heterocycles. The monoisotopic (exact) mass is 381 g/mol. The summed E-state index contributed by atoms with van der Waals surface area (Å²) in [6, 6.07) is 10.7. The molecule has 0 radical (unpaired) electrons. The number of benzene rings is 1. The van der Waals surface area contributed by atoms with E-state index in [0.29, 0.717) is 5.56 Å². The van der Waals surface area contributed by atoms with Gasteiger partial charge in [-0.3, -0.25) is 4.79 Å². The molecule has 0 bridgehead atoms. The van der Waals surface area contributed by atoms with Crippen LogP contribution >= 0.6 is 0 Å². The predicted molar refractivity (Wildman–Crippen MR) is 110 cm³/mol. The maximum absolute atomic E-state index is 14.7. The van der Waals surface area contributed by atoms with Crippen LogP contribution in [0.2, 0.25) is 0 Å². The minimum Gasteiger partial charge on any atom is -0.343 e. The summed E-state index contributed by atoms with van der Waals surface area (Å²) >= 11 is 0. The Morgan fingerprint density at radius 3 is 2.54 bits per heavy atom. The number of aromatic nitrogens is 2. The summed E-state index contributed by atoms with van der Waals surface area (Å²) in [5, 5.41) is 0. The van der Waals surface area contributed by atoms with E-state index >= 15 is 0 Å². The molecule has 3 rings (SSSR count). The van der Waals surface area contributed by atoms with Crippen LogP contribution in [0.4, 0.5) is 4.39 Å². The number of pyridine rings is 1. The molecule has 0 saturated heterocycles. The van der Waals surface area contributed by atoms with Crippen LogP contribution in [0.3, 0.4) is 0 Å². The Kier molecular flexibility index (Phi) is 6.45. The Morgan fingerprint density at radius 2 is 1.86 bits per heavy atom. The summed E-state index contributed by atoms with van der Waals surface area (Å²) in [5.41, 5.74) is 3.26. The molecule has 0 N–H and O–H groups in total. The SMILES string of the molecule is CCCN(CCC)C(=O)CC(c1ccccc1F)c1cnc2c(C)cccn12. The first-order valence-electron chi connectivity index (χ1n) is 10.0. The molecule has 148 valence electrons. The number of aryl methyl sites for hydroxylation is 1. The largest absolute Gasteiger partial charge is 0.343 e. The number of halogens is 1. The fraction of sp³-hybridized carbons (Fsp3) is 0.391. The molecule has 0 aliphatic heterocycles. The van der Waals surface area contributed by atoms with Crippen molar-refractivity contribution in [3.05, 3.63) is 71.4 Å². The van der Waals surface area contributed by atoms with E-state index in [0.717, 1.165) is 42.8 Å². The lowest BCUT2D eigenvalue weighted by atomic mass is 9.91. The van der Waals surface area contributed by atoms with Gasteiger partial charge in [0.05, 0.1) is 5.69 Å². The normalized spacial score (nSPS) is 12.3. The van der Waals surface area contributed by atoms with Crippen LogP contribution in [0.15, 0.2) is 48.8 Å². The summed E-state index contributed by atoms with van der Waals surface area (Å²) in [7, 11) is 0. The molecule has 4 nitrogen and oxygen atoms in total. The Labute approximate surface area is 166 Å². The van der Waals surface area contributed by atoms with Crippen LogP contribution in [0.1, 0.15) is 55.8 Å². The summed E-state index contributed by atoms with van der Waals surface area (Å²) in [6.45, 7) is 7.58. The number of hydrogen-bond acceptors (Lipinski definition) is 2. The molecule has 1 amide bonds. The zero-order chi connectivity index (χ0) is 20.1. The van der Waals surface area contributed by atoms with Crippen molar-refractivity contribution >= 4 is 11.6 Å². The fourth-order valence-corrected chi connectivity index (χ4v) is 3.76. The standard InChI is InChI=1S/C23H28FN3O/c1-4-12-26(13-5-2)22(28)15-19(18-10-6-7-11-20(18)24)21-16-25-23-17(3)9-8-14-27(21)23/h6-11,14,16,19H,4-5,12-13,15H2,1-3H3. The van der Waals surface area contributed by atoms with E-state index in [9.17, 15) is 9.18 Å². The summed E-state index contributed by atoms with van der Waals surface area (Å²) < 4.78 is 16.7. The van der Waals surface area contributed by atoms with Gasteiger partial charge in [-0.05, 0) is 43.0 Å². The molecule has 0 fully saturated rings. The molecule has 1 atom stereocenters. The highest BCUT2D eigenvalue weighted by Gasteiger charge is 2.26. The highest BCUT2D eigenvalue weighted by molar-refractivity contribution is 5.77. The lowest BCUT2D eigenvalue weighted by molar-refractivity contribution is -0.131. The second-order valence-corrected chi connectivity index (χ2v) is 7.23. The second-order valence-electron chi connectivity index (χ2n) is 7.23. The smallest absolute Gasteiger partial charge is 0.223 e. The van der Waals surface area contributed by atoms with Crippen LogP contribution in [0, 0.1) is 12.7 Å². The molecular weight excluding hydrogens is 353 g/mol. The van der Waals surface area contributed by atoms with Gasteiger partial charge in [0.2, 0.25) is 5.91 Å². The number of hydrogen-bond donors (Lipinski definition) is 0. The third-order valence-corrected chi connectivity index (χ3v) is 5.12. The highest BCUT2D eigenvalue weighted by Crippen LogP contribution is 2.31. The third-order valence-electron chi connectivity index (χ3n) is 5.12. The van der Waals surface area contributed by atoms with Crippen LogP contribution in [0.5, 0.6) is 0 Å². The number of nitrogens with zero attached hydrogens (tertiary/aromatic N) is 3. The third kappa shape index (κ3) is 4.08. The molecule has 0 saturated carbocycles. The molecule has 28 heavy (non-hydrogen) atoms. The average Bonchev–Trinajstić information content (AvgIpc) is 3.12. The number of imidazole rings is 1. The van der Waals surface area contributed by atoms with Gasteiger partial charge in [-0.2, -0.15) is 0 Å². The van der Waals surface area contributed by atoms with Gasteiger partial charge in [0.15, 0.2) is 0 Å². The topological polar surface area (TPSA) is 37.6 Å². The lowest BCUT2D eigenvalue weighted by Crippen LogP contribution is -2.33. The molecule has 1 unspecified atom stereocenters. The molecule has 0 aliphatic rings. The second kappa shape index (κ2) is 9.00. The van der Waals surface area contributed by atoms with Gasteiger partial charge in [-0.1, -0.05) is 38.1 Å². The van der Waals surface area contributed by atoms with Crippen molar-refractivity contribution in [1.29, 1.82) is 0 Å². The van der Waals surface area contributed by atoms with E-state index in [4.69, 9.17) is 0 Å². The van der Waals surface area contributed by atoms with Crippen molar-refractivity contribution in [2.45, 2.75) is 46.0 Å². The Balaban J connectivity index is 2.04. The summed E-state index contributed by atoms with van der Waals surface area (Å²) in [5.74, 6) is -0.623. The number of amides is 1. The van der Waals surface area contributed by atoms with E-state index in [-0.39, 0.29) is 24.1 Å². The minimum atomic E-state index is -0.387. The molecule has 1 aromatic carbocycles. The van der Waals surface area contributed by atoms with E-state index in [1.807, 2.05) is 40.6 Å². The molecule has 2 heterocycles. The van der Waals surface area contributed by atoms with E-state index in [1.165, 1.54) is 6.07 Å². The van der Waals surface area contributed by atoms with Crippen molar-refractivity contribution in [3.63, 3.8) is 0 Å². The van der Waals surface area contributed by atoms with Crippen molar-refractivity contribution in [3.8, 4) is 0 Å². The van der Waals surface area contributed by atoms with Crippen LogP contribution < -0.4 is 0 Å². The van der Waals surface area contributed by atoms with Crippen LogP contribution in [-0.2, 0) is 4.79 Å². The molecule has 5 heteroatoms. The van der Waals surface area contributed by atoms with Crippen LogP contribution in [0.25, 0.3) is 5.65 Å². The number of carbonyl (C=O) groups is 1. The van der Waals surface area contributed by atoms with Gasteiger partial charge >= 0.3 is 0 Å². The molecule has 0 spiro atoms. The van der Waals surface area contributed by atoms with Crippen molar-refractivity contribution in [1.82, 2.24) is 14.3 Å². The van der Waals surface area contributed by atoms with Gasteiger partial charge in [-0.15, -0.1) is 0 Å². The zero-order valence-electron chi connectivity index (χ0n) is 16.9. The van der Waals surface area contributed by atoms with E-state index in [1.54, 1.807) is 18.3 Å². The van der Waals surface area contributed by atoms with E-state index < -0.39 is 0 Å². The molecule has 3 aromatic rings. The number of fused-ring (bicyclic) bond motifs is 1. The van der Waals surface area contributed by atoms with E-state index in [2.05, 4.69) is 18.8 Å². The fourth-order valence-electron chi connectivity index (χ4n) is 3.76. The summed E-state index contributed by atoms with van der Waals surface area (Å²) in [4.78, 5) is 19.5. The maximum atomic E-state index is 14.7. The number of rotatable bonds is 8. The van der Waals surface area contributed by atoms with Gasteiger partial charge in [-0.25, -0.2) is 9.37 Å². The van der Waals surface area contributed by atoms with Crippen molar-refractivity contribution in [2.75, 3.05) is 13.1 Å². The van der Waals surface area contributed by atoms with Crippen molar-refractivity contribution in [2.24, 2.45) is 0 Å². The Hall–Kier alpha value is -2.69. The van der Waals surface area contributed by atoms with Crippen LogP contribution in [-0.4, -0.2) is 33.3 Å². The summed E-state index contributed by atoms with van der Waals surface area (Å²) in [6.07, 6.45) is 5.74. The van der Waals surface area contributed by atoms with Gasteiger partial charge in [0.25, 0.3) is 0 Å². The first-order valence-corrected chi connectivity index (χ1v) is 10.0. The molecular formula is C23H28FN3O. The average molecular weight is 381 g/mol. The predicted octanol–water partition coefficient (Wildman–Crippen LogP) is 4.95. The zero-order valence-corrected chi connectivity index (χ0v) is 16.9. The van der Waals surface area contributed by atoms with Gasteiger partial charge < -0.3 is 9.30 Å². The first-order chi connectivity index (χ1) is 13.6. The van der Waals surface area contributed by atoms with Crippen molar-refractivity contribution < 1.29 is 9.18 Å². The Bertz CT molecular complexity index is 944. The lowest BCUT2D eigenvalue weighted by Gasteiger charge is -2.25. The molecule has 0 aliphatic carbocycles. The minimum absolute atomic E-state index is 0.0551. The van der Waals surface area contributed by atoms with Gasteiger partial charge in [0.1, 0.15) is 11.5 Å². The quantitative estimate of drug-likeness (QED) is 0.553. The van der Waals surface area contributed by atoms with Gasteiger partial charge in [0, 0.05) is 37.8 Å². The maximum Gasteiger partial charge on any atom is 0.223 e. The Morgan fingerprint density at radius 1 is 1.14 bits per heavy atom. The number of carbonyl (C=O) groups excluding carboxylic acids is 1. The highest BCUT2D eigenvalue weighted by atomic mass is 19.1. The first kappa shape index (κ1) is 20.1.